The fourth-order valence-electron chi connectivity index (χ4n) is 2.42. The zero-order valence-corrected chi connectivity index (χ0v) is 13.2. The number of methoxy groups -OCH3 is 1. The van der Waals surface area contributed by atoms with Gasteiger partial charge in [0.2, 0.25) is 5.91 Å². The first-order valence-electron chi connectivity index (χ1n) is 7.63. The summed E-state index contributed by atoms with van der Waals surface area (Å²) in [5.41, 5.74) is 2.39. The van der Waals surface area contributed by atoms with Crippen LogP contribution in [0.1, 0.15) is 24.5 Å². The molecule has 0 spiro atoms. The van der Waals surface area contributed by atoms with Crippen LogP contribution in [-0.2, 0) is 17.6 Å². The zero-order chi connectivity index (χ0) is 15.8. The number of carbonyl (C=O) groups is 1. The molecule has 0 aromatic heterocycles. The largest absolute Gasteiger partial charge is 0.497 e. The molecule has 3 nitrogen and oxygen atoms in total. The van der Waals surface area contributed by atoms with Crippen LogP contribution < -0.4 is 10.1 Å². The Morgan fingerprint density at radius 2 is 1.73 bits per heavy atom. The second kappa shape index (κ2) is 8.23. The Morgan fingerprint density at radius 1 is 1.05 bits per heavy atom. The number of carbonyl (C=O) groups excluding carboxylic acids is 1. The third kappa shape index (κ3) is 5.24. The van der Waals surface area contributed by atoms with Gasteiger partial charge in [0, 0.05) is 12.5 Å². The Balaban J connectivity index is 1.75. The molecular formula is C19H23NO2. The van der Waals surface area contributed by atoms with Gasteiger partial charge in [-0.05, 0) is 43.0 Å². The summed E-state index contributed by atoms with van der Waals surface area (Å²) in [4.78, 5) is 12.0. The summed E-state index contributed by atoms with van der Waals surface area (Å²) < 4.78 is 5.12. The van der Waals surface area contributed by atoms with Gasteiger partial charge in [0.25, 0.3) is 0 Å². The molecule has 22 heavy (non-hydrogen) atoms. The minimum Gasteiger partial charge on any atom is -0.497 e. The van der Waals surface area contributed by atoms with E-state index in [0.717, 1.165) is 24.2 Å². The van der Waals surface area contributed by atoms with Crippen LogP contribution >= 0.6 is 0 Å². The predicted molar refractivity (Wildman–Crippen MR) is 89.1 cm³/mol. The monoisotopic (exact) mass is 297 g/mol. The molecule has 0 saturated carbocycles. The quantitative estimate of drug-likeness (QED) is 0.851. The van der Waals surface area contributed by atoms with Gasteiger partial charge in [-0.2, -0.15) is 0 Å². The lowest BCUT2D eigenvalue weighted by Crippen LogP contribution is -2.34. The summed E-state index contributed by atoms with van der Waals surface area (Å²) in [5.74, 6) is 0.934. The van der Waals surface area contributed by atoms with Gasteiger partial charge in [0.05, 0.1) is 7.11 Å². The molecule has 1 unspecified atom stereocenters. The standard InChI is InChI=1S/C19H23NO2/c1-15(14-17-6-4-3-5-7-17)20-19(21)13-10-16-8-11-18(22-2)12-9-16/h3-9,11-12,15H,10,13-14H2,1-2H3,(H,20,21). The van der Waals surface area contributed by atoms with Crippen LogP contribution in [0.2, 0.25) is 0 Å². The van der Waals surface area contributed by atoms with Gasteiger partial charge in [0.1, 0.15) is 5.75 Å². The van der Waals surface area contributed by atoms with E-state index in [-0.39, 0.29) is 11.9 Å². The summed E-state index contributed by atoms with van der Waals surface area (Å²) >= 11 is 0. The Morgan fingerprint density at radius 3 is 2.36 bits per heavy atom. The maximum atomic E-state index is 12.0. The minimum absolute atomic E-state index is 0.0965. The van der Waals surface area contributed by atoms with Crippen molar-refractivity contribution in [3.05, 3.63) is 65.7 Å². The first-order valence-corrected chi connectivity index (χ1v) is 7.63. The molecule has 1 amide bonds. The SMILES string of the molecule is COc1ccc(CCC(=O)NC(C)Cc2ccccc2)cc1. The number of hydrogen-bond donors (Lipinski definition) is 1. The molecule has 116 valence electrons. The highest BCUT2D eigenvalue weighted by molar-refractivity contribution is 5.76. The number of benzene rings is 2. The predicted octanol–water partition coefficient (Wildman–Crippen LogP) is 3.38. The molecule has 2 aromatic rings. The molecule has 0 aliphatic heterocycles. The second-order valence-corrected chi connectivity index (χ2v) is 5.51. The third-order valence-corrected chi connectivity index (χ3v) is 3.59. The van der Waals surface area contributed by atoms with E-state index >= 15 is 0 Å². The average Bonchev–Trinajstić information content (AvgIpc) is 2.54. The second-order valence-electron chi connectivity index (χ2n) is 5.51. The van der Waals surface area contributed by atoms with Crippen LogP contribution in [0, 0.1) is 0 Å². The van der Waals surface area contributed by atoms with Crippen molar-refractivity contribution < 1.29 is 9.53 Å². The topological polar surface area (TPSA) is 38.3 Å². The summed E-state index contributed by atoms with van der Waals surface area (Å²) in [6.07, 6.45) is 2.11. The number of nitrogens with one attached hydrogen (secondary N) is 1. The van der Waals surface area contributed by atoms with Crippen LogP contribution in [0.15, 0.2) is 54.6 Å². The van der Waals surface area contributed by atoms with Gasteiger partial charge in [0.15, 0.2) is 0 Å². The fourth-order valence-corrected chi connectivity index (χ4v) is 2.42. The van der Waals surface area contributed by atoms with Crippen LogP contribution in [0.25, 0.3) is 0 Å². The van der Waals surface area contributed by atoms with Crippen molar-refractivity contribution in [1.29, 1.82) is 0 Å². The first kappa shape index (κ1) is 16.1. The third-order valence-electron chi connectivity index (χ3n) is 3.59. The Hall–Kier alpha value is -2.29. The van der Waals surface area contributed by atoms with Crippen LogP contribution in [0.4, 0.5) is 0 Å². The first-order chi connectivity index (χ1) is 10.7. The number of hydrogen-bond acceptors (Lipinski definition) is 2. The molecule has 0 bridgehead atoms. The van der Waals surface area contributed by atoms with Crippen LogP contribution in [0.3, 0.4) is 0 Å². The van der Waals surface area contributed by atoms with Crippen molar-refractivity contribution in [2.24, 2.45) is 0 Å². The van der Waals surface area contributed by atoms with E-state index in [4.69, 9.17) is 4.74 Å². The number of rotatable bonds is 7. The molecule has 2 rings (SSSR count). The Bertz CT molecular complexity index is 578. The molecule has 1 atom stereocenters. The lowest BCUT2D eigenvalue weighted by Gasteiger charge is -2.14. The summed E-state index contributed by atoms with van der Waals surface area (Å²) in [6.45, 7) is 2.04. The van der Waals surface area contributed by atoms with Gasteiger partial charge >= 0.3 is 0 Å². The fraction of sp³-hybridized carbons (Fsp3) is 0.316. The molecular weight excluding hydrogens is 274 g/mol. The number of aryl methyl sites for hydroxylation is 1. The average molecular weight is 297 g/mol. The van der Waals surface area contributed by atoms with E-state index in [1.54, 1.807) is 7.11 Å². The van der Waals surface area contributed by atoms with Crippen molar-refractivity contribution in [3.63, 3.8) is 0 Å². The van der Waals surface area contributed by atoms with Crippen molar-refractivity contribution in [3.8, 4) is 5.75 Å². The molecule has 0 aliphatic rings. The molecule has 2 aromatic carbocycles. The lowest BCUT2D eigenvalue weighted by atomic mass is 10.1. The summed E-state index contributed by atoms with van der Waals surface area (Å²) in [5, 5.41) is 3.06. The van der Waals surface area contributed by atoms with Crippen molar-refractivity contribution >= 4 is 5.91 Å². The van der Waals surface area contributed by atoms with Crippen LogP contribution in [-0.4, -0.2) is 19.1 Å². The molecule has 0 heterocycles. The number of ether oxygens (including phenoxy) is 1. The molecule has 0 saturated heterocycles. The molecule has 0 aliphatic carbocycles. The number of amides is 1. The zero-order valence-electron chi connectivity index (χ0n) is 13.2. The van der Waals surface area contributed by atoms with Crippen molar-refractivity contribution in [2.75, 3.05) is 7.11 Å². The maximum absolute atomic E-state index is 12.0. The Labute approximate surface area is 132 Å². The Kier molecular flexibility index (Phi) is 6.01. The normalized spacial score (nSPS) is 11.7. The smallest absolute Gasteiger partial charge is 0.220 e. The maximum Gasteiger partial charge on any atom is 0.220 e. The van der Waals surface area contributed by atoms with Gasteiger partial charge in [-0.15, -0.1) is 0 Å². The molecule has 3 heteroatoms. The van der Waals surface area contributed by atoms with Crippen LogP contribution in [0.5, 0.6) is 5.75 Å². The van der Waals surface area contributed by atoms with E-state index in [0.29, 0.717) is 6.42 Å². The van der Waals surface area contributed by atoms with E-state index in [9.17, 15) is 4.79 Å². The van der Waals surface area contributed by atoms with Crippen molar-refractivity contribution in [1.82, 2.24) is 5.32 Å². The molecule has 0 fully saturated rings. The van der Waals surface area contributed by atoms with E-state index in [1.807, 2.05) is 49.4 Å². The lowest BCUT2D eigenvalue weighted by molar-refractivity contribution is -0.121. The molecule has 1 N–H and O–H groups in total. The highest BCUT2D eigenvalue weighted by atomic mass is 16.5. The van der Waals surface area contributed by atoms with Gasteiger partial charge in [-0.1, -0.05) is 42.5 Å². The van der Waals surface area contributed by atoms with E-state index in [2.05, 4.69) is 17.4 Å². The van der Waals surface area contributed by atoms with E-state index in [1.165, 1.54) is 5.56 Å². The van der Waals surface area contributed by atoms with Crippen molar-refractivity contribution in [2.45, 2.75) is 32.2 Å². The minimum atomic E-state index is 0.0965. The van der Waals surface area contributed by atoms with E-state index < -0.39 is 0 Å². The summed E-state index contributed by atoms with van der Waals surface area (Å²) in [7, 11) is 1.65. The van der Waals surface area contributed by atoms with Gasteiger partial charge in [-0.25, -0.2) is 0 Å². The highest BCUT2D eigenvalue weighted by Crippen LogP contribution is 2.12. The summed E-state index contributed by atoms with van der Waals surface area (Å²) in [6, 6.07) is 18.2. The van der Waals surface area contributed by atoms with Gasteiger partial charge in [-0.3, -0.25) is 4.79 Å². The van der Waals surface area contributed by atoms with Gasteiger partial charge < -0.3 is 10.1 Å². The molecule has 0 radical (unpaired) electrons. The highest BCUT2D eigenvalue weighted by Gasteiger charge is 2.08.